The third-order valence-corrected chi connectivity index (χ3v) is 14.1. The number of hydrogen-bond donors (Lipinski definition) is 4. The summed E-state index contributed by atoms with van der Waals surface area (Å²) in [4.78, 5) is 71.6. The van der Waals surface area contributed by atoms with Crippen LogP contribution in [0.15, 0.2) is 132 Å². The van der Waals surface area contributed by atoms with Crippen LogP contribution in [-0.4, -0.2) is 99.9 Å². The number of Topliss-reactive ketones (excluding diaryl/α,β-unsaturated/α-hetero) is 1. The number of para-hydroxylation sites is 1. The van der Waals surface area contributed by atoms with Crippen LogP contribution in [0, 0.1) is 16.7 Å². The minimum Gasteiger partial charge on any atom is -0.482 e. The molecule has 3 fully saturated rings. The summed E-state index contributed by atoms with van der Waals surface area (Å²) >= 11 is 0. The molecule has 14 heteroatoms. The van der Waals surface area contributed by atoms with Crippen LogP contribution in [0.2, 0.25) is 0 Å². The summed E-state index contributed by atoms with van der Waals surface area (Å²) in [7, 11) is 0. The lowest BCUT2D eigenvalue weighted by Gasteiger charge is -2.66. The van der Waals surface area contributed by atoms with Crippen molar-refractivity contribution in [2.75, 3.05) is 13.2 Å². The highest BCUT2D eigenvalue weighted by atomic mass is 16.6. The Morgan fingerprint density at radius 3 is 1.98 bits per heavy atom. The van der Waals surface area contributed by atoms with Crippen LogP contribution in [0.3, 0.4) is 0 Å². The predicted octanol–water partition coefficient (Wildman–Crippen LogP) is 5.25. The minimum atomic E-state index is -2.28. The number of benzene rings is 4. The number of ketones is 1. The zero-order chi connectivity index (χ0) is 46.3. The molecule has 65 heavy (non-hydrogen) atoms. The molecular formula is C51H53NO13. The molecule has 2 bridgehead atoms. The lowest BCUT2D eigenvalue weighted by Crippen LogP contribution is -2.78. The van der Waals surface area contributed by atoms with Gasteiger partial charge in [-0.1, -0.05) is 106 Å². The van der Waals surface area contributed by atoms with Crippen LogP contribution < -0.4 is 10.1 Å². The number of carbonyl (C=O) groups excluding carboxylic acids is 5. The Balaban J connectivity index is 1.23. The fraction of sp³-hybridized carbons (Fsp3) is 0.392. The molecule has 1 amide bonds. The molecule has 1 aliphatic heterocycles. The lowest BCUT2D eigenvalue weighted by atomic mass is 9.45. The molecule has 1 saturated heterocycles. The van der Waals surface area contributed by atoms with Crippen molar-refractivity contribution in [3.05, 3.63) is 149 Å². The Bertz CT molecular complexity index is 2460. The first-order chi connectivity index (χ1) is 31.0. The first-order valence-corrected chi connectivity index (χ1v) is 21.7. The maximum atomic E-state index is 15.6. The number of nitrogens with one attached hydrogen (secondary N) is 1. The molecule has 9 unspecified atom stereocenters. The molecule has 3 aliphatic carbocycles. The topological polar surface area (TPSA) is 204 Å². The van der Waals surface area contributed by atoms with E-state index in [0.717, 1.165) is 0 Å². The number of amides is 1. The number of esters is 3. The Morgan fingerprint density at radius 2 is 1.38 bits per heavy atom. The molecule has 14 nitrogen and oxygen atoms in total. The Morgan fingerprint density at radius 1 is 0.800 bits per heavy atom. The molecule has 0 aromatic heterocycles. The summed E-state index contributed by atoms with van der Waals surface area (Å²) in [5, 5.41) is 40.9. The standard InChI is InChI=1S/C51H53NO13/c1-30-35(63-47(58)40(54)39(31-17-9-5-10-18-31)52-45(56)32-19-11-6-12-20-32)27-51(60)44(65-46(57)33-21-13-7-14-22-33)42-49(4,26-25-36-50(42,59)29-62-36)43(55)41(38(30)48(51,2)3)64-37(53)28-61-34-23-15-8-16-24-34/h5-24,35-36,39-42,44,54,59-60H,25-29H2,1-4H3,(H,52,56)/t35?,36?,39?,40?,41?,42?,44?,49-,50?,51?/m1/s1. The molecule has 340 valence electrons. The molecule has 0 spiro atoms. The maximum absolute atomic E-state index is 15.6. The normalized spacial score (nSPS) is 29.8. The van der Waals surface area contributed by atoms with Crippen LogP contribution in [0.25, 0.3) is 0 Å². The fourth-order valence-corrected chi connectivity index (χ4v) is 10.5. The number of ether oxygens (including phenoxy) is 5. The second-order valence-corrected chi connectivity index (χ2v) is 18.2. The van der Waals surface area contributed by atoms with E-state index in [2.05, 4.69) is 5.32 Å². The lowest BCUT2D eigenvalue weighted by molar-refractivity contribution is -0.329. The number of aliphatic hydroxyl groups excluding tert-OH is 1. The van der Waals surface area contributed by atoms with E-state index in [4.69, 9.17) is 23.7 Å². The second kappa shape index (κ2) is 17.7. The average molecular weight is 888 g/mol. The van der Waals surface area contributed by atoms with E-state index in [0.29, 0.717) is 11.3 Å². The van der Waals surface area contributed by atoms with Gasteiger partial charge in [-0.3, -0.25) is 9.59 Å². The molecule has 1 heterocycles. The molecule has 4 aromatic carbocycles. The van der Waals surface area contributed by atoms with Crippen LogP contribution in [-0.2, 0) is 33.3 Å². The van der Waals surface area contributed by atoms with Gasteiger partial charge in [0, 0.05) is 28.7 Å². The van der Waals surface area contributed by atoms with Crippen molar-refractivity contribution >= 4 is 29.6 Å². The van der Waals surface area contributed by atoms with Crippen molar-refractivity contribution in [1.82, 2.24) is 5.32 Å². The van der Waals surface area contributed by atoms with Crippen LogP contribution in [0.1, 0.15) is 79.3 Å². The second-order valence-electron chi connectivity index (χ2n) is 18.2. The van der Waals surface area contributed by atoms with E-state index in [1.165, 1.54) is 12.1 Å². The van der Waals surface area contributed by atoms with E-state index in [9.17, 15) is 34.5 Å². The molecule has 4 N–H and O–H groups in total. The first-order valence-electron chi connectivity index (χ1n) is 21.7. The molecular weight excluding hydrogens is 835 g/mol. The van der Waals surface area contributed by atoms with E-state index in [1.54, 1.807) is 137 Å². The van der Waals surface area contributed by atoms with Crippen molar-refractivity contribution in [1.29, 1.82) is 0 Å². The number of carbonyl (C=O) groups is 5. The van der Waals surface area contributed by atoms with Crippen molar-refractivity contribution in [2.24, 2.45) is 16.7 Å². The molecule has 4 aromatic rings. The Hall–Kier alpha value is -6.19. The highest BCUT2D eigenvalue weighted by Crippen LogP contribution is 2.63. The smallest absolute Gasteiger partial charge is 0.345 e. The van der Waals surface area contributed by atoms with Crippen LogP contribution in [0.4, 0.5) is 0 Å². The van der Waals surface area contributed by atoms with Crippen molar-refractivity contribution in [3.63, 3.8) is 0 Å². The number of rotatable bonds is 12. The monoisotopic (exact) mass is 887 g/mol. The highest BCUT2D eigenvalue weighted by Gasteiger charge is 2.75. The Kier molecular flexibility index (Phi) is 12.3. The highest BCUT2D eigenvalue weighted by molar-refractivity contribution is 5.96. The van der Waals surface area contributed by atoms with Gasteiger partial charge in [0.05, 0.1) is 24.3 Å². The van der Waals surface area contributed by atoms with Gasteiger partial charge >= 0.3 is 17.9 Å². The van der Waals surface area contributed by atoms with E-state index >= 15 is 4.79 Å². The van der Waals surface area contributed by atoms with Gasteiger partial charge in [-0.2, -0.15) is 0 Å². The average Bonchev–Trinajstić information content (AvgIpc) is 3.30. The SMILES string of the molecule is CC1=C2C(OC(=O)COc3ccccc3)C(=O)[C@]3(C)CCC4OCC4(O)C3C(OC(=O)c3ccccc3)C(O)(CC1OC(=O)C(O)C(NC(=O)c1ccccc1)c1ccccc1)C2(C)C. The largest absolute Gasteiger partial charge is 0.482 e. The van der Waals surface area contributed by atoms with Gasteiger partial charge in [0.15, 0.2) is 24.6 Å². The maximum Gasteiger partial charge on any atom is 0.345 e. The third-order valence-electron chi connectivity index (χ3n) is 14.1. The predicted molar refractivity (Wildman–Crippen MR) is 233 cm³/mol. The van der Waals surface area contributed by atoms with Crippen LogP contribution in [0.5, 0.6) is 5.75 Å². The van der Waals surface area contributed by atoms with Crippen LogP contribution >= 0.6 is 0 Å². The van der Waals surface area contributed by atoms with Crippen molar-refractivity contribution in [2.45, 2.75) is 94.7 Å². The number of hydrogen-bond acceptors (Lipinski definition) is 13. The molecule has 8 rings (SSSR count). The van der Waals surface area contributed by atoms with Crippen molar-refractivity contribution < 1.29 is 63.0 Å². The third kappa shape index (κ3) is 8.13. The molecule has 10 atom stereocenters. The van der Waals surface area contributed by atoms with E-state index < -0.39 is 107 Å². The molecule has 4 aliphatic rings. The molecule has 0 radical (unpaired) electrons. The zero-order valence-electron chi connectivity index (χ0n) is 36.5. The quantitative estimate of drug-likeness (QED) is 0.0817. The van der Waals surface area contributed by atoms with Gasteiger partial charge in [0.25, 0.3) is 5.91 Å². The summed E-state index contributed by atoms with van der Waals surface area (Å²) in [5.41, 5.74) is -6.21. The summed E-state index contributed by atoms with van der Waals surface area (Å²) in [6, 6.07) is 31.9. The van der Waals surface area contributed by atoms with Gasteiger partial charge in [-0.15, -0.1) is 0 Å². The number of aliphatic hydroxyl groups is 3. The Labute approximate surface area is 376 Å². The van der Waals surface area contributed by atoms with Gasteiger partial charge in [-0.05, 0) is 72.9 Å². The van der Waals surface area contributed by atoms with E-state index in [-0.39, 0.29) is 41.7 Å². The summed E-state index contributed by atoms with van der Waals surface area (Å²) in [5.74, 6) is -5.15. The fourth-order valence-electron chi connectivity index (χ4n) is 10.5. The van der Waals surface area contributed by atoms with Gasteiger partial charge in [-0.25, -0.2) is 14.4 Å². The van der Waals surface area contributed by atoms with Gasteiger partial charge < -0.3 is 44.3 Å². The summed E-state index contributed by atoms with van der Waals surface area (Å²) in [6.45, 7) is 5.58. The first kappa shape index (κ1) is 45.4. The van der Waals surface area contributed by atoms with Gasteiger partial charge in [0.1, 0.15) is 29.2 Å². The van der Waals surface area contributed by atoms with Gasteiger partial charge in [0.2, 0.25) is 0 Å². The van der Waals surface area contributed by atoms with Crippen molar-refractivity contribution in [3.8, 4) is 5.75 Å². The zero-order valence-corrected chi connectivity index (χ0v) is 36.5. The van der Waals surface area contributed by atoms with E-state index in [1.807, 2.05) is 0 Å². The molecule has 2 saturated carbocycles. The summed E-state index contributed by atoms with van der Waals surface area (Å²) < 4.78 is 30.3. The number of fused-ring (bicyclic) bond motifs is 5. The summed E-state index contributed by atoms with van der Waals surface area (Å²) in [6.07, 6.45) is -7.77. The minimum absolute atomic E-state index is 0.0769.